The van der Waals surface area contributed by atoms with Crippen LogP contribution in [0.3, 0.4) is 0 Å². The molecular formula is C55H75N15O10. The summed E-state index contributed by atoms with van der Waals surface area (Å²) in [5.74, 6) is -8.01. The van der Waals surface area contributed by atoms with Crippen LogP contribution in [0.2, 0.25) is 0 Å². The Morgan fingerprint density at radius 3 is 1.55 bits per heavy atom. The van der Waals surface area contributed by atoms with E-state index >= 15 is 0 Å². The van der Waals surface area contributed by atoms with Gasteiger partial charge in [0.1, 0.15) is 42.8 Å². The van der Waals surface area contributed by atoms with Crippen molar-refractivity contribution in [3.63, 3.8) is 0 Å². The molecule has 25 nitrogen and oxygen atoms in total. The highest BCUT2D eigenvalue weighted by molar-refractivity contribution is 5.98. The fourth-order valence-electron chi connectivity index (χ4n) is 8.75. The molecule has 0 saturated heterocycles. The Balaban J connectivity index is 1.42. The lowest BCUT2D eigenvalue weighted by Crippen LogP contribution is -2.61. The van der Waals surface area contributed by atoms with E-state index in [9.17, 15) is 43.2 Å². The van der Waals surface area contributed by atoms with E-state index in [4.69, 9.17) is 28.0 Å². The zero-order chi connectivity index (χ0) is 58.3. The minimum atomic E-state index is -1.38. The van der Waals surface area contributed by atoms with Gasteiger partial charge in [-0.2, -0.15) is 0 Å². The molecule has 0 bridgehead atoms. The van der Waals surface area contributed by atoms with E-state index in [1.165, 1.54) is 6.92 Å². The second-order valence-electron chi connectivity index (χ2n) is 19.8. The molecule has 0 aliphatic rings. The van der Waals surface area contributed by atoms with Crippen LogP contribution in [0.1, 0.15) is 69.6 Å². The summed E-state index contributed by atoms with van der Waals surface area (Å²) < 4.78 is 0. The second-order valence-corrected chi connectivity index (χ2v) is 19.8. The fraction of sp³-hybridized carbons (Fsp3) is 0.418. The summed E-state index contributed by atoms with van der Waals surface area (Å²) in [6, 6.07) is 14.7. The summed E-state index contributed by atoms with van der Waals surface area (Å²) in [6.45, 7) is 3.95. The van der Waals surface area contributed by atoms with Crippen LogP contribution in [0, 0.1) is 5.92 Å². The number of unbranched alkanes of at least 4 members (excludes halogenated alkanes) is 1. The van der Waals surface area contributed by atoms with Crippen LogP contribution in [0.25, 0.3) is 21.8 Å². The SMILES string of the molecule is CC(C)[C@H](NC(=O)[C@H](CCCCN)NC(=O)[C@H](Cc1ccccc1)NC(=O)[C@H](CCCN=C(N)N)NC(=O)[C@H](C)N)C(=O)N[C@@H](Cc1c[nH]c2ccccc12)C(=O)N[C@@H](Cc1c[nH]c2ccccc12)C(=O)NCC(=O)NCC(=O)O. The Labute approximate surface area is 462 Å². The van der Waals surface area contributed by atoms with E-state index in [0.717, 1.165) is 21.8 Å². The van der Waals surface area contributed by atoms with Crippen molar-refractivity contribution in [3.05, 3.63) is 108 Å². The first kappa shape index (κ1) is 62.0. The molecule has 7 atom stereocenters. The summed E-state index contributed by atoms with van der Waals surface area (Å²) >= 11 is 0. The number of H-pyrrole nitrogens is 2. The molecule has 80 heavy (non-hydrogen) atoms. The highest BCUT2D eigenvalue weighted by Gasteiger charge is 2.35. The van der Waals surface area contributed by atoms with Gasteiger partial charge < -0.3 is 80.5 Å². The summed E-state index contributed by atoms with van der Waals surface area (Å²) in [7, 11) is 0. The molecule has 0 aliphatic carbocycles. The normalized spacial score (nSPS) is 13.8. The van der Waals surface area contributed by atoms with E-state index in [1.54, 1.807) is 56.6 Å². The van der Waals surface area contributed by atoms with Crippen molar-refractivity contribution in [2.45, 2.75) is 114 Å². The number of guanidine groups is 1. The molecule has 0 spiro atoms. The minimum absolute atomic E-state index is 0.0269. The molecule has 25 heteroatoms. The number of aliphatic imine (C=N–C) groups is 1. The summed E-state index contributed by atoms with van der Waals surface area (Å²) in [5.41, 5.74) is 26.1. The number of carbonyl (C=O) groups is 9. The Morgan fingerprint density at radius 1 is 0.537 bits per heavy atom. The average Bonchev–Trinajstić information content (AvgIpc) is 4.05. The van der Waals surface area contributed by atoms with Gasteiger partial charge in [0.25, 0.3) is 0 Å². The highest BCUT2D eigenvalue weighted by atomic mass is 16.4. The zero-order valence-corrected chi connectivity index (χ0v) is 45.1. The number of hydrogen-bond acceptors (Lipinski definition) is 12. The van der Waals surface area contributed by atoms with Gasteiger partial charge >= 0.3 is 5.97 Å². The molecule has 3 aromatic carbocycles. The van der Waals surface area contributed by atoms with Gasteiger partial charge in [-0.1, -0.05) is 80.6 Å². The van der Waals surface area contributed by atoms with Gasteiger partial charge in [-0.15, -0.1) is 0 Å². The first-order chi connectivity index (χ1) is 38.2. The number of carboxylic acids is 1. The monoisotopic (exact) mass is 1110 g/mol. The molecule has 0 aliphatic heterocycles. The van der Waals surface area contributed by atoms with Crippen molar-refractivity contribution in [2.75, 3.05) is 26.2 Å². The van der Waals surface area contributed by atoms with Crippen LogP contribution >= 0.6 is 0 Å². The van der Waals surface area contributed by atoms with Gasteiger partial charge in [0.05, 0.1) is 12.6 Å². The molecule has 5 rings (SSSR count). The quantitative estimate of drug-likeness (QED) is 0.0141. The Kier molecular flexibility index (Phi) is 24.0. The van der Waals surface area contributed by atoms with E-state index in [0.29, 0.717) is 29.5 Å². The number of nitrogens with two attached hydrogens (primary N) is 4. The number of rotatable bonds is 32. The minimum Gasteiger partial charge on any atom is -0.480 e. The number of carbonyl (C=O) groups excluding carboxylic acids is 8. The van der Waals surface area contributed by atoms with E-state index in [1.807, 2.05) is 48.5 Å². The molecule has 0 fully saturated rings. The summed E-state index contributed by atoms with van der Waals surface area (Å²) in [4.78, 5) is 133. The maximum Gasteiger partial charge on any atom is 0.322 e. The Bertz CT molecular complexity index is 2950. The number of nitrogens with zero attached hydrogens (tertiary/aromatic N) is 1. The van der Waals surface area contributed by atoms with Crippen molar-refractivity contribution in [1.29, 1.82) is 0 Å². The average molecular weight is 1110 g/mol. The molecule has 2 heterocycles. The van der Waals surface area contributed by atoms with Crippen molar-refractivity contribution in [2.24, 2.45) is 33.8 Å². The predicted molar refractivity (Wildman–Crippen MR) is 301 cm³/mol. The fourth-order valence-corrected chi connectivity index (χ4v) is 8.75. The maximum atomic E-state index is 14.8. The zero-order valence-electron chi connectivity index (χ0n) is 45.1. The van der Waals surface area contributed by atoms with Crippen molar-refractivity contribution >= 4 is 81.0 Å². The first-order valence-electron chi connectivity index (χ1n) is 26.5. The van der Waals surface area contributed by atoms with Crippen LogP contribution in [0.5, 0.6) is 0 Å². The molecule has 0 unspecified atom stereocenters. The predicted octanol–water partition coefficient (Wildman–Crippen LogP) is -0.911. The number of aromatic amines is 2. The second kappa shape index (κ2) is 30.9. The van der Waals surface area contributed by atoms with Crippen molar-refractivity contribution in [1.82, 2.24) is 52.5 Å². The van der Waals surface area contributed by atoms with Gasteiger partial charge in [-0.25, -0.2) is 0 Å². The van der Waals surface area contributed by atoms with Crippen LogP contribution in [0.4, 0.5) is 0 Å². The first-order valence-corrected chi connectivity index (χ1v) is 26.5. The van der Waals surface area contributed by atoms with Crippen molar-refractivity contribution in [3.8, 4) is 0 Å². The number of hydrogen-bond donors (Lipinski definition) is 15. The maximum absolute atomic E-state index is 14.8. The third kappa shape index (κ3) is 19.3. The van der Waals surface area contributed by atoms with Gasteiger partial charge in [-0.05, 0) is 80.3 Å². The van der Waals surface area contributed by atoms with Gasteiger partial charge in [0.15, 0.2) is 5.96 Å². The van der Waals surface area contributed by atoms with Crippen LogP contribution in [-0.2, 0) is 62.4 Å². The highest BCUT2D eigenvalue weighted by Crippen LogP contribution is 2.22. The van der Waals surface area contributed by atoms with Crippen LogP contribution in [-0.4, -0.2) is 143 Å². The Morgan fingerprint density at radius 2 is 1.01 bits per heavy atom. The summed E-state index contributed by atoms with van der Waals surface area (Å²) in [5, 5.41) is 31.8. The third-order valence-corrected chi connectivity index (χ3v) is 13.1. The van der Waals surface area contributed by atoms with Gasteiger partial charge in [0.2, 0.25) is 47.3 Å². The molecule has 2 aromatic heterocycles. The largest absolute Gasteiger partial charge is 0.480 e. The molecule has 5 aromatic rings. The van der Waals surface area contributed by atoms with Gasteiger partial charge in [-0.3, -0.25) is 48.1 Å². The lowest BCUT2D eigenvalue weighted by atomic mass is 9.99. The van der Waals surface area contributed by atoms with Crippen molar-refractivity contribution < 1.29 is 48.3 Å². The number of nitrogens with one attached hydrogen (secondary N) is 10. The molecule has 8 amide bonds. The number of aromatic nitrogens is 2. The third-order valence-electron chi connectivity index (χ3n) is 13.1. The molecule has 19 N–H and O–H groups in total. The molecule has 430 valence electrons. The van der Waals surface area contributed by atoms with Gasteiger partial charge in [0, 0.05) is 60.0 Å². The number of amides is 8. The molecule has 0 saturated carbocycles. The number of carboxylic acid groups (broad SMARTS) is 1. The Hall–Kier alpha value is -8.84. The lowest BCUT2D eigenvalue weighted by molar-refractivity contribution is -0.138. The number of fused-ring (bicyclic) bond motifs is 2. The van der Waals surface area contributed by atoms with E-state index in [2.05, 4.69) is 57.5 Å². The summed E-state index contributed by atoms with van der Waals surface area (Å²) in [6.07, 6.45) is 4.44. The van der Waals surface area contributed by atoms with E-state index < -0.39 is 115 Å². The van der Waals surface area contributed by atoms with E-state index in [-0.39, 0.29) is 57.6 Å². The smallest absolute Gasteiger partial charge is 0.322 e. The lowest BCUT2D eigenvalue weighted by Gasteiger charge is -2.29. The standard InChI is InChI=1S/C55H75N15O10/c1-31(2)47(70-51(77)40(20-11-12-22-56)66-52(78)42(24-33-14-5-4-6-15-33)67-50(76)41(65-48(74)32(3)57)21-13-23-60-55(58)59)54(80)69-44(26-35-28-62-39-19-10-8-17-37(35)39)53(79)68-43(49(75)64-29-45(71)63-30-46(72)73)25-34-27-61-38-18-9-7-16-36(34)38/h4-10,14-19,27-28,31-32,40-44,47,61-62H,11-13,20-26,29-30,56-57H2,1-3H3,(H,63,71)(H,64,75)(H,65,74)(H,66,78)(H,67,76)(H,68,79)(H,69,80)(H,70,77)(H,72,73)(H4,58,59,60)/t32-,40-,41-,42-,43-,44-,47-/m0/s1. The molecular weight excluding hydrogens is 1030 g/mol. The number of benzene rings is 3. The van der Waals surface area contributed by atoms with Crippen LogP contribution < -0.4 is 65.5 Å². The molecule has 0 radical (unpaired) electrons. The number of aliphatic carboxylic acids is 1. The van der Waals surface area contributed by atoms with Crippen LogP contribution in [0.15, 0.2) is 96.2 Å². The topological polar surface area (TPSA) is 418 Å². The number of para-hydroxylation sites is 2.